The lowest BCUT2D eigenvalue weighted by Gasteiger charge is -2.13. The molecule has 1 rings (SSSR count). The molecule has 1 aromatic carbocycles. The first kappa shape index (κ1) is 17.0. The molecule has 0 bridgehead atoms. The fourth-order valence-corrected chi connectivity index (χ4v) is 1.68. The van der Waals surface area contributed by atoms with Gasteiger partial charge in [0.2, 0.25) is 0 Å². The maximum Gasteiger partial charge on any atom is 0.420 e. The van der Waals surface area contributed by atoms with E-state index >= 15 is 0 Å². The van der Waals surface area contributed by atoms with Gasteiger partial charge in [0.25, 0.3) is 10.1 Å². The van der Waals surface area contributed by atoms with Crippen molar-refractivity contribution in [3.05, 3.63) is 23.8 Å². The van der Waals surface area contributed by atoms with Gasteiger partial charge in [0.1, 0.15) is 5.75 Å². The summed E-state index contributed by atoms with van der Waals surface area (Å²) in [5, 5.41) is 0. The van der Waals surface area contributed by atoms with Gasteiger partial charge < -0.3 is 4.74 Å². The van der Waals surface area contributed by atoms with E-state index in [1.165, 1.54) is 6.92 Å². The first-order valence-electron chi connectivity index (χ1n) is 4.47. The van der Waals surface area contributed by atoms with Gasteiger partial charge in [0.05, 0.1) is 17.1 Å². The zero-order chi connectivity index (χ0) is 13.3. The lowest BCUT2D eigenvalue weighted by Crippen LogP contribution is -2.10. The van der Waals surface area contributed by atoms with Crippen molar-refractivity contribution in [3.63, 3.8) is 0 Å². The molecule has 0 saturated heterocycles. The highest BCUT2D eigenvalue weighted by atomic mass is 35.5. The second-order valence-corrected chi connectivity index (χ2v) is 4.49. The summed E-state index contributed by atoms with van der Waals surface area (Å²) >= 11 is 0. The molecular formula is C9H10ClF3O4S. The third-order valence-electron chi connectivity index (χ3n) is 1.85. The third kappa shape index (κ3) is 4.04. The van der Waals surface area contributed by atoms with E-state index in [9.17, 15) is 21.6 Å². The van der Waals surface area contributed by atoms with Crippen molar-refractivity contribution >= 4 is 22.5 Å². The van der Waals surface area contributed by atoms with Gasteiger partial charge in [-0.3, -0.25) is 4.55 Å². The maximum atomic E-state index is 12.6. The molecule has 0 aliphatic heterocycles. The van der Waals surface area contributed by atoms with Crippen LogP contribution in [0.1, 0.15) is 12.5 Å². The highest BCUT2D eigenvalue weighted by Crippen LogP contribution is 2.37. The summed E-state index contributed by atoms with van der Waals surface area (Å²) in [5.74, 6) is -0.479. The molecule has 0 aliphatic carbocycles. The number of rotatable bonds is 3. The molecule has 4 nitrogen and oxygen atoms in total. The minimum Gasteiger partial charge on any atom is -0.493 e. The molecule has 1 N–H and O–H groups in total. The van der Waals surface area contributed by atoms with Gasteiger partial charge >= 0.3 is 6.18 Å². The van der Waals surface area contributed by atoms with Crippen LogP contribution in [0, 0.1) is 0 Å². The van der Waals surface area contributed by atoms with Gasteiger partial charge in [-0.05, 0) is 25.1 Å². The maximum absolute atomic E-state index is 12.6. The molecule has 0 heterocycles. The van der Waals surface area contributed by atoms with Crippen molar-refractivity contribution in [2.24, 2.45) is 0 Å². The lowest BCUT2D eigenvalue weighted by molar-refractivity contribution is -0.139. The Kier molecular flexibility index (Phi) is 5.45. The van der Waals surface area contributed by atoms with Crippen molar-refractivity contribution in [2.75, 3.05) is 6.61 Å². The van der Waals surface area contributed by atoms with E-state index in [2.05, 4.69) is 0 Å². The minimum absolute atomic E-state index is 0. The Hall–Kier alpha value is -0.990. The van der Waals surface area contributed by atoms with Crippen LogP contribution in [0.3, 0.4) is 0 Å². The van der Waals surface area contributed by atoms with Crippen molar-refractivity contribution in [2.45, 2.75) is 18.0 Å². The molecule has 18 heavy (non-hydrogen) atoms. The summed E-state index contributed by atoms with van der Waals surface area (Å²) in [4.78, 5) is -0.826. The summed E-state index contributed by atoms with van der Waals surface area (Å²) in [6, 6.07) is 2.03. The first-order chi connectivity index (χ1) is 7.66. The molecule has 0 aromatic heterocycles. The third-order valence-corrected chi connectivity index (χ3v) is 2.70. The topological polar surface area (TPSA) is 63.6 Å². The number of alkyl halides is 3. The molecule has 9 heteroatoms. The van der Waals surface area contributed by atoms with Gasteiger partial charge in [0, 0.05) is 0 Å². The Morgan fingerprint density at radius 1 is 1.33 bits per heavy atom. The van der Waals surface area contributed by atoms with E-state index in [-0.39, 0.29) is 19.0 Å². The van der Waals surface area contributed by atoms with Crippen LogP contribution in [-0.4, -0.2) is 19.6 Å². The van der Waals surface area contributed by atoms with E-state index < -0.39 is 32.5 Å². The number of benzene rings is 1. The van der Waals surface area contributed by atoms with Crippen LogP contribution in [0.4, 0.5) is 13.2 Å². The van der Waals surface area contributed by atoms with E-state index in [1.807, 2.05) is 0 Å². The molecule has 104 valence electrons. The summed E-state index contributed by atoms with van der Waals surface area (Å²) in [6.07, 6.45) is -4.76. The average Bonchev–Trinajstić information content (AvgIpc) is 2.15. The zero-order valence-electron chi connectivity index (χ0n) is 9.06. The van der Waals surface area contributed by atoms with Crippen LogP contribution >= 0.6 is 12.4 Å². The fourth-order valence-electron chi connectivity index (χ4n) is 1.17. The van der Waals surface area contributed by atoms with Crippen molar-refractivity contribution < 1.29 is 30.9 Å². The normalized spacial score (nSPS) is 11.8. The predicted octanol–water partition coefficient (Wildman–Crippen LogP) is 2.77. The molecular weight excluding hydrogens is 297 g/mol. The number of hydrogen-bond acceptors (Lipinski definition) is 3. The Labute approximate surface area is 108 Å². The number of ether oxygens (including phenoxy) is 1. The molecule has 0 radical (unpaired) electrons. The average molecular weight is 307 g/mol. The molecule has 0 unspecified atom stereocenters. The van der Waals surface area contributed by atoms with Gasteiger partial charge in [0.15, 0.2) is 0 Å². The van der Waals surface area contributed by atoms with Gasteiger partial charge in [-0.15, -0.1) is 12.4 Å². The van der Waals surface area contributed by atoms with Crippen LogP contribution in [0.2, 0.25) is 0 Å². The monoisotopic (exact) mass is 306 g/mol. The SMILES string of the molecule is CCOc1ccc(S(=O)(=O)O)cc1C(F)(F)F.Cl. The van der Waals surface area contributed by atoms with Gasteiger partial charge in [-0.1, -0.05) is 0 Å². The van der Waals surface area contributed by atoms with Gasteiger partial charge in [-0.2, -0.15) is 21.6 Å². The van der Waals surface area contributed by atoms with Crippen LogP contribution in [0.5, 0.6) is 5.75 Å². The van der Waals surface area contributed by atoms with E-state index in [4.69, 9.17) is 9.29 Å². The molecule has 0 amide bonds. The van der Waals surface area contributed by atoms with E-state index in [0.29, 0.717) is 6.07 Å². The lowest BCUT2D eigenvalue weighted by atomic mass is 10.2. The smallest absolute Gasteiger partial charge is 0.420 e. The van der Waals surface area contributed by atoms with E-state index in [1.54, 1.807) is 0 Å². The summed E-state index contributed by atoms with van der Waals surface area (Å²) in [6.45, 7) is 1.51. The molecule has 0 fully saturated rings. The Balaban J connectivity index is 0.00000289. The minimum atomic E-state index is -4.76. The quantitative estimate of drug-likeness (QED) is 0.872. The molecule has 1 aromatic rings. The summed E-state index contributed by atoms with van der Waals surface area (Å²) < 4.78 is 72.6. The largest absolute Gasteiger partial charge is 0.493 e. The van der Waals surface area contributed by atoms with Crippen LogP contribution in [0.25, 0.3) is 0 Å². The number of hydrogen-bond donors (Lipinski definition) is 1. The number of halogens is 4. The summed E-state index contributed by atoms with van der Waals surface area (Å²) in [5.41, 5.74) is -1.24. The first-order valence-corrected chi connectivity index (χ1v) is 5.91. The Morgan fingerprint density at radius 3 is 2.28 bits per heavy atom. The highest BCUT2D eigenvalue weighted by molar-refractivity contribution is 7.85. The van der Waals surface area contributed by atoms with Crippen molar-refractivity contribution in [1.82, 2.24) is 0 Å². The van der Waals surface area contributed by atoms with Crippen LogP contribution < -0.4 is 4.74 Å². The molecule has 0 saturated carbocycles. The Bertz CT molecular complexity index is 513. The van der Waals surface area contributed by atoms with Crippen LogP contribution in [0.15, 0.2) is 23.1 Å². The van der Waals surface area contributed by atoms with Crippen LogP contribution in [-0.2, 0) is 16.3 Å². The fraction of sp³-hybridized carbons (Fsp3) is 0.333. The predicted molar refractivity (Wildman–Crippen MR) is 59.7 cm³/mol. The Morgan fingerprint density at radius 2 is 1.89 bits per heavy atom. The molecule has 0 aliphatic rings. The van der Waals surface area contributed by atoms with Crippen molar-refractivity contribution in [1.29, 1.82) is 0 Å². The second-order valence-electron chi connectivity index (χ2n) is 3.06. The van der Waals surface area contributed by atoms with Gasteiger partial charge in [-0.25, -0.2) is 0 Å². The molecule has 0 spiro atoms. The second kappa shape index (κ2) is 5.77. The highest BCUT2D eigenvalue weighted by Gasteiger charge is 2.35. The standard InChI is InChI=1S/C9H9F3O4S.ClH/c1-2-16-8-4-3-6(17(13,14)15)5-7(8)9(10,11)12;/h3-5H,2H2,1H3,(H,13,14,15);1H. The molecule has 0 atom stereocenters. The van der Waals surface area contributed by atoms with Crippen molar-refractivity contribution in [3.8, 4) is 5.75 Å². The van der Waals surface area contributed by atoms with E-state index in [0.717, 1.165) is 12.1 Å². The zero-order valence-corrected chi connectivity index (χ0v) is 10.7. The summed E-state index contributed by atoms with van der Waals surface area (Å²) in [7, 11) is -4.67.